The molecule has 0 aliphatic carbocycles. The molecule has 0 bridgehead atoms. The zero-order valence-electron chi connectivity index (χ0n) is 8.76. The molecule has 0 atom stereocenters. The van der Waals surface area contributed by atoms with Crippen LogP contribution in [0.5, 0.6) is 5.75 Å². The molecular weight excluding hydrogens is 198 g/mol. The first-order chi connectivity index (χ1) is 5.99. The first-order valence-corrected chi connectivity index (χ1v) is 4.56. The molecule has 0 saturated carbocycles. The number of halogens is 1. The van der Waals surface area contributed by atoms with Crippen LogP contribution in [0, 0.1) is 6.92 Å². The fraction of sp³-hybridized carbons (Fsp3) is 0.455. The Balaban J connectivity index is 0.000000980. The Kier molecular flexibility index (Phi) is 2.68. The fourth-order valence-electron chi connectivity index (χ4n) is 1.82. The second-order valence-corrected chi connectivity index (χ2v) is 4.32. The normalized spacial score (nSPS) is 16.8. The predicted molar refractivity (Wildman–Crippen MR) is 61.3 cm³/mol. The van der Waals surface area contributed by atoms with Gasteiger partial charge in [0.15, 0.2) is 0 Å². The van der Waals surface area contributed by atoms with E-state index in [-0.39, 0.29) is 18.0 Å². The molecule has 0 saturated heterocycles. The average molecular weight is 214 g/mol. The Morgan fingerprint density at radius 3 is 2.57 bits per heavy atom. The van der Waals surface area contributed by atoms with Crippen LogP contribution in [0.4, 0.5) is 5.69 Å². The van der Waals surface area contributed by atoms with Crippen LogP contribution in [0.25, 0.3) is 0 Å². The van der Waals surface area contributed by atoms with E-state index in [4.69, 9.17) is 10.5 Å². The second-order valence-electron chi connectivity index (χ2n) is 4.32. The molecule has 0 spiro atoms. The molecule has 3 heteroatoms. The van der Waals surface area contributed by atoms with Crippen molar-refractivity contribution in [2.45, 2.75) is 32.8 Å². The molecule has 2 N–H and O–H groups in total. The van der Waals surface area contributed by atoms with E-state index in [1.807, 2.05) is 6.07 Å². The molecule has 78 valence electrons. The van der Waals surface area contributed by atoms with Gasteiger partial charge in [0, 0.05) is 12.0 Å². The third-order valence-corrected chi connectivity index (χ3v) is 2.51. The van der Waals surface area contributed by atoms with Gasteiger partial charge in [-0.3, -0.25) is 0 Å². The van der Waals surface area contributed by atoms with Crippen LogP contribution in [0.1, 0.15) is 25.0 Å². The number of hydrogen-bond donors (Lipinski definition) is 1. The van der Waals surface area contributed by atoms with E-state index < -0.39 is 0 Å². The molecule has 0 unspecified atom stereocenters. The molecule has 1 aromatic rings. The van der Waals surface area contributed by atoms with E-state index in [1.54, 1.807) is 0 Å². The molecule has 0 fully saturated rings. The molecule has 2 nitrogen and oxygen atoms in total. The lowest BCUT2D eigenvalue weighted by atomic mass is 9.98. The van der Waals surface area contributed by atoms with E-state index in [0.29, 0.717) is 0 Å². The van der Waals surface area contributed by atoms with Gasteiger partial charge in [-0.2, -0.15) is 0 Å². The van der Waals surface area contributed by atoms with Gasteiger partial charge in [-0.25, -0.2) is 0 Å². The Bertz CT molecular complexity index is 328. The third kappa shape index (κ3) is 1.67. The molecule has 0 amide bonds. The molecule has 0 aromatic heterocycles. The van der Waals surface area contributed by atoms with Crippen LogP contribution in [0.2, 0.25) is 0 Å². The highest BCUT2D eigenvalue weighted by Crippen LogP contribution is 2.40. The molecule has 2 rings (SSSR count). The van der Waals surface area contributed by atoms with Gasteiger partial charge >= 0.3 is 0 Å². The van der Waals surface area contributed by atoms with E-state index in [2.05, 4.69) is 26.8 Å². The smallest absolute Gasteiger partial charge is 0.146 e. The summed E-state index contributed by atoms with van der Waals surface area (Å²) in [7, 11) is 0. The van der Waals surface area contributed by atoms with Gasteiger partial charge in [0.25, 0.3) is 0 Å². The zero-order chi connectivity index (χ0) is 9.64. The highest BCUT2D eigenvalue weighted by atomic mass is 35.5. The van der Waals surface area contributed by atoms with Crippen molar-refractivity contribution in [1.29, 1.82) is 0 Å². The highest BCUT2D eigenvalue weighted by Gasteiger charge is 2.32. The third-order valence-electron chi connectivity index (χ3n) is 2.51. The number of nitrogen functional groups attached to an aromatic ring is 1. The van der Waals surface area contributed by atoms with Gasteiger partial charge in [-0.05, 0) is 32.4 Å². The number of rotatable bonds is 0. The first kappa shape index (κ1) is 11.2. The van der Waals surface area contributed by atoms with Gasteiger partial charge in [-0.1, -0.05) is 6.07 Å². The van der Waals surface area contributed by atoms with Gasteiger partial charge in [0.1, 0.15) is 11.4 Å². The van der Waals surface area contributed by atoms with E-state index in [0.717, 1.165) is 17.9 Å². The van der Waals surface area contributed by atoms with E-state index >= 15 is 0 Å². The topological polar surface area (TPSA) is 35.2 Å². The van der Waals surface area contributed by atoms with Crippen LogP contribution in [-0.2, 0) is 6.42 Å². The van der Waals surface area contributed by atoms with Gasteiger partial charge in [0.2, 0.25) is 0 Å². The number of anilines is 1. The maximum Gasteiger partial charge on any atom is 0.146 e. The van der Waals surface area contributed by atoms with Crippen molar-refractivity contribution in [2.24, 2.45) is 0 Å². The van der Waals surface area contributed by atoms with Gasteiger partial charge < -0.3 is 10.5 Å². The maximum atomic E-state index is 5.84. The number of benzene rings is 1. The van der Waals surface area contributed by atoms with Crippen LogP contribution in [0.15, 0.2) is 12.1 Å². The number of fused-ring (bicyclic) bond motifs is 1. The van der Waals surface area contributed by atoms with Crippen molar-refractivity contribution in [2.75, 3.05) is 5.73 Å². The SMILES string of the molecule is Cc1ccc(N)c2c1CC(C)(C)O2.Cl. The van der Waals surface area contributed by atoms with Crippen molar-refractivity contribution in [3.63, 3.8) is 0 Å². The molecule has 0 radical (unpaired) electrons. The Morgan fingerprint density at radius 2 is 2.00 bits per heavy atom. The molecule has 1 aliphatic rings. The minimum Gasteiger partial charge on any atom is -0.485 e. The minimum atomic E-state index is -0.0947. The van der Waals surface area contributed by atoms with Crippen molar-refractivity contribution < 1.29 is 4.74 Å². The summed E-state index contributed by atoms with van der Waals surface area (Å²) in [4.78, 5) is 0. The summed E-state index contributed by atoms with van der Waals surface area (Å²) in [5.74, 6) is 0.894. The summed E-state index contributed by atoms with van der Waals surface area (Å²) in [5.41, 5.74) is 9.04. The Morgan fingerprint density at radius 1 is 1.36 bits per heavy atom. The van der Waals surface area contributed by atoms with Crippen LogP contribution >= 0.6 is 12.4 Å². The lowest BCUT2D eigenvalue weighted by Crippen LogP contribution is -2.24. The lowest BCUT2D eigenvalue weighted by molar-refractivity contribution is 0.139. The standard InChI is InChI=1S/C11H15NO.ClH/c1-7-4-5-9(12)10-8(7)6-11(2,3)13-10;/h4-5H,6,12H2,1-3H3;1H. The average Bonchev–Trinajstić information content (AvgIpc) is 2.35. The summed E-state index contributed by atoms with van der Waals surface area (Å²) >= 11 is 0. The molecule has 14 heavy (non-hydrogen) atoms. The molecule has 1 aliphatic heterocycles. The van der Waals surface area contributed by atoms with Crippen molar-refractivity contribution in [3.8, 4) is 5.75 Å². The summed E-state index contributed by atoms with van der Waals surface area (Å²) in [6.45, 7) is 6.28. The largest absolute Gasteiger partial charge is 0.485 e. The van der Waals surface area contributed by atoms with Crippen molar-refractivity contribution in [1.82, 2.24) is 0 Å². The molecular formula is C11H16ClNO. The van der Waals surface area contributed by atoms with Gasteiger partial charge in [0.05, 0.1) is 5.69 Å². The van der Waals surface area contributed by atoms with Gasteiger partial charge in [-0.15, -0.1) is 12.4 Å². The van der Waals surface area contributed by atoms with E-state index in [1.165, 1.54) is 11.1 Å². The minimum absolute atomic E-state index is 0. The quantitative estimate of drug-likeness (QED) is 0.673. The molecule has 1 aromatic carbocycles. The number of hydrogen-bond acceptors (Lipinski definition) is 2. The number of nitrogens with two attached hydrogens (primary N) is 1. The van der Waals surface area contributed by atoms with Crippen LogP contribution in [0.3, 0.4) is 0 Å². The fourth-order valence-corrected chi connectivity index (χ4v) is 1.82. The number of ether oxygens (including phenoxy) is 1. The Labute approximate surface area is 90.9 Å². The monoisotopic (exact) mass is 213 g/mol. The van der Waals surface area contributed by atoms with Crippen molar-refractivity contribution >= 4 is 18.1 Å². The summed E-state index contributed by atoms with van der Waals surface area (Å²) in [6, 6.07) is 3.97. The zero-order valence-corrected chi connectivity index (χ0v) is 9.57. The second kappa shape index (κ2) is 3.35. The predicted octanol–water partition coefficient (Wildman–Crippen LogP) is 2.71. The summed E-state index contributed by atoms with van der Waals surface area (Å²) < 4.78 is 5.78. The summed E-state index contributed by atoms with van der Waals surface area (Å²) in [5, 5.41) is 0. The lowest BCUT2D eigenvalue weighted by Gasteiger charge is -2.17. The first-order valence-electron chi connectivity index (χ1n) is 4.56. The van der Waals surface area contributed by atoms with Crippen LogP contribution < -0.4 is 10.5 Å². The maximum absolute atomic E-state index is 5.84. The van der Waals surface area contributed by atoms with Crippen LogP contribution in [-0.4, -0.2) is 5.60 Å². The van der Waals surface area contributed by atoms with Crippen molar-refractivity contribution in [3.05, 3.63) is 23.3 Å². The number of aryl methyl sites for hydroxylation is 1. The Hall–Kier alpha value is -0.890. The summed E-state index contributed by atoms with van der Waals surface area (Å²) in [6.07, 6.45) is 0.958. The van der Waals surface area contributed by atoms with E-state index in [9.17, 15) is 0 Å². The highest BCUT2D eigenvalue weighted by molar-refractivity contribution is 5.85. The molecule has 1 heterocycles.